The molecule has 0 aliphatic carbocycles. The minimum Gasteiger partial charge on any atom is -0.490 e. The van der Waals surface area contributed by atoms with Gasteiger partial charge in [-0.25, -0.2) is 9.59 Å². The highest BCUT2D eigenvalue weighted by Crippen LogP contribution is 2.51. The summed E-state index contributed by atoms with van der Waals surface area (Å²) in [5.41, 5.74) is 0.526. The monoisotopic (exact) mass is 1350 g/mol. The van der Waals surface area contributed by atoms with Crippen molar-refractivity contribution in [2.24, 2.45) is 0 Å². The number of hydrogen-bond acceptors (Lipinski definition) is 11. The number of hydrogen-bond donors (Lipinski definition) is 0. The number of ether oxygens (including phenoxy) is 9. The molecule has 0 aromatic heterocycles. The van der Waals surface area contributed by atoms with Crippen LogP contribution in [0.25, 0.3) is 86.2 Å². The average molecular weight is 1350 g/mol. The minimum absolute atomic E-state index is 0.263. The molecule has 99 heavy (non-hydrogen) atoms. The highest BCUT2D eigenvalue weighted by molar-refractivity contribution is 6.37. The highest BCUT2D eigenvalue weighted by atomic mass is 16.6. The van der Waals surface area contributed by atoms with Crippen LogP contribution in [0.4, 0.5) is 0 Å². The van der Waals surface area contributed by atoms with Crippen LogP contribution in [0, 0.1) is 0 Å². The molecule has 0 saturated heterocycles. The Balaban J connectivity index is 1.30. The van der Waals surface area contributed by atoms with Gasteiger partial charge in [0, 0.05) is 0 Å². The lowest BCUT2D eigenvalue weighted by Crippen LogP contribution is -2.04. The van der Waals surface area contributed by atoms with Gasteiger partial charge in [-0.2, -0.15) is 0 Å². The molecule has 1 aliphatic rings. The third-order valence-corrected chi connectivity index (χ3v) is 20.1. The predicted molar refractivity (Wildman–Crippen MR) is 413 cm³/mol. The fraction of sp³-hybridized carbons (Fsp3) is 0.545. The van der Waals surface area contributed by atoms with E-state index < -0.39 is 11.9 Å². The zero-order valence-corrected chi connectivity index (χ0v) is 61.7. The standard InChI is InChI=1S/C88H116O11/c1-9-17-25-33-41-91-77-53-67-61-49-65-66-50-62-64(70-56-80(94-44-36-28-20-12-4)84(98-48-40-32-24-16-8)60-74(70)72-58-82(96-46-38-30-22-14-6)78(54-68(62)72)92-42-34-26-18-10-2)52-76(66)86-85(87(89)99-88(86)90)75(65)51-63(61)69-55-79(93-43-35-27-19-11-3)83(97-47-39-31-23-15-7)59-73(69)71(67)57-81(77)95-45-37-29-21-13-5/h49-60H,9-48H2,1-8H3. The molecule has 0 fully saturated rings. The number of carbonyl (C=O) groups excluding carboxylic acids is 2. The van der Waals surface area contributed by atoms with E-state index in [9.17, 15) is 9.59 Å². The third kappa shape index (κ3) is 18.4. The molecule has 1 aliphatic heterocycles. The second kappa shape index (κ2) is 38.4. The fourth-order valence-corrected chi connectivity index (χ4v) is 14.4. The van der Waals surface area contributed by atoms with E-state index in [1.165, 1.54) is 0 Å². The Morgan fingerprint density at radius 2 is 0.333 bits per heavy atom. The maximum Gasteiger partial charge on any atom is 0.347 e. The van der Waals surface area contributed by atoms with Gasteiger partial charge in [0.1, 0.15) is 0 Å². The lowest BCUT2D eigenvalue weighted by molar-refractivity contribution is 0.0445. The molecule has 9 aromatic rings. The fourth-order valence-electron chi connectivity index (χ4n) is 14.4. The maximum atomic E-state index is 14.8. The van der Waals surface area contributed by atoms with E-state index >= 15 is 0 Å². The molecule has 1 heterocycles. The summed E-state index contributed by atoms with van der Waals surface area (Å²) in [7, 11) is 0. The van der Waals surface area contributed by atoms with Crippen LogP contribution in [0.15, 0.2) is 72.8 Å². The van der Waals surface area contributed by atoms with E-state index in [1.54, 1.807) is 0 Å². The molecule has 0 unspecified atom stereocenters. The zero-order valence-electron chi connectivity index (χ0n) is 61.7. The van der Waals surface area contributed by atoms with E-state index in [4.69, 9.17) is 42.6 Å². The molecular formula is C88H116O11. The Hall–Kier alpha value is -7.40. The molecule has 0 bridgehead atoms. The van der Waals surface area contributed by atoms with Crippen LogP contribution < -0.4 is 37.9 Å². The molecule has 0 amide bonds. The maximum absolute atomic E-state index is 14.8. The number of carbonyl (C=O) groups is 2. The van der Waals surface area contributed by atoms with Crippen molar-refractivity contribution >= 4 is 98.1 Å². The van der Waals surface area contributed by atoms with E-state index in [2.05, 4.69) is 128 Å². The zero-order chi connectivity index (χ0) is 69.3. The summed E-state index contributed by atoms with van der Waals surface area (Å²) in [5, 5.41) is 14.4. The molecule has 0 saturated carbocycles. The Labute approximate surface area is 590 Å². The summed E-state index contributed by atoms with van der Waals surface area (Å²) in [5.74, 6) is 4.29. The van der Waals surface area contributed by atoms with Gasteiger partial charge < -0.3 is 42.6 Å². The number of fused-ring (bicyclic) bond motifs is 18. The number of cyclic esters (lactones) is 2. The summed E-state index contributed by atoms with van der Waals surface area (Å²) in [4.78, 5) is 29.6. The van der Waals surface area contributed by atoms with Crippen LogP contribution in [0.2, 0.25) is 0 Å². The van der Waals surface area contributed by atoms with Crippen molar-refractivity contribution in [3.63, 3.8) is 0 Å². The summed E-state index contributed by atoms with van der Waals surface area (Å²) < 4.78 is 60.5. The molecule has 0 spiro atoms. The van der Waals surface area contributed by atoms with Gasteiger partial charge in [0.25, 0.3) is 0 Å². The number of rotatable bonds is 48. The lowest BCUT2D eigenvalue weighted by Gasteiger charge is -2.21. The van der Waals surface area contributed by atoms with Crippen molar-refractivity contribution in [3.8, 4) is 46.0 Å². The van der Waals surface area contributed by atoms with Gasteiger partial charge in [-0.05, 0) is 210 Å². The Kier molecular flexibility index (Phi) is 28.8. The Bertz CT molecular complexity index is 3880. The Morgan fingerprint density at radius 3 is 0.495 bits per heavy atom. The first-order valence-electron chi connectivity index (χ1n) is 39.3. The van der Waals surface area contributed by atoms with Crippen molar-refractivity contribution in [1.29, 1.82) is 0 Å². The summed E-state index contributed by atoms with van der Waals surface area (Å²) in [6.45, 7) is 22.3. The first-order chi connectivity index (χ1) is 48.7. The number of unbranched alkanes of at least 4 members (excludes halogenated alkanes) is 24. The largest absolute Gasteiger partial charge is 0.490 e. The van der Waals surface area contributed by atoms with E-state index in [0.717, 1.165) is 292 Å². The van der Waals surface area contributed by atoms with Crippen LogP contribution in [0.5, 0.6) is 46.0 Å². The van der Waals surface area contributed by atoms with Crippen molar-refractivity contribution in [3.05, 3.63) is 83.9 Å². The van der Waals surface area contributed by atoms with Crippen LogP contribution in [-0.2, 0) is 4.74 Å². The smallest absolute Gasteiger partial charge is 0.347 e. The first-order valence-corrected chi connectivity index (χ1v) is 39.3. The van der Waals surface area contributed by atoms with Crippen LogP contribution in [-0.4, -0.2) is 64.8 Å². The van der Waals surface area contributed by atoms with Crippen molar-refractivity contribution < 1.29 is 52.2 Å². The molecule has 11 heteroatoms. The van der Waals surface area contributed by atoms with Crippen LogP contribution in [0.3, 0.4) is 0 Å². The SMILES string of the molecule is CCCCCCOc1cc2c3cc(OCCCCCC)c(OCCCCCC)cc3c3cc4c(cc3c2cc1OCCCCCC)c1c(c2cc3c5cc(OCCCCCC)c(OCCCCCC)cc5c5cc(OCCCCCC)c(OCCCCCC)cc5c3cc24)C(=O)OC1=O. The molecule has 10 rings (SSSR count). The quantitative estimate of drug-likeness (QED) is 0.0119. The molecular weight excluding hydrogens is 1230 g/mol. The van der Waals surface area contributed by atoms with Gasteiger partial charge in [-0.1, -0.05) is 209 Å². The van der Waals surface area contributed by atoms with E-state index in [0.29, 0.717) is 98.1 Å². The second-order valence-electron chi connectivity index (χ2n) is 28.0. The van der Waals surface area contributed by atoms with Gasteiger partial charge in [0.15, 0.2) is 46.0 Å². The Morgan fingerprint density at radius 1 is 0.192 bits per heavy atom. The normalized spacial score (nSPS) is 12.4. The summed E-state index contributed by atoms with van der Waals surface area (Å²) in [6, 6.07) is 26.2. The van der Waals surface area contributed by atoms with E-state index in [1.807, 2.05) is 0 Å². The van der Waals surface area contributed by atoms with Gasteiger partial charge in [-0.15, -0.1) is 0 Å². The van der Waals surface area contributed by atoms with Crippen molar-refractivity contribution in [2.75, 3.05) is 52.9 Å². The number of benzene rings is 9. The van der Waals surface area contributed by atoms with Crippen LogP contribution in [0.1, 0.15) is 282 Å². The van der Waals surface area contributed by atoms with Gasteiger partial charge >= 0.3 is 11.9 Å². The van der Waals surface area contributed by atoms with Crippen molar-refractivity contribution in [2.45, 2.75) is 261 Å². The average Bonchev–Trinajstić information content (AvgIpc) is 1.67. The topological polar surface area (TPSA) is 117 Å². The summed E-state index contributed by atoms with van der Waals surface area (Å²) >= 11 is 0. The second-order valence-corrected chi connectivity index (χ2v) is 28.0. The van der Waals surface area contributed by atoms with Gasteiger partial charge in [-0.3, -0.25) is 0 Å². The first kappa shape index (κ1) is 74.3. The highest BCUT2D eigenvalue weighted by Gasteiger charge is 2.36. The third-order valence-electron chi connectivity index (χ3n) is 20.1. The molecule has 0 atom stereocenters. The minimum atomic E-state index is -0.661. The molecule has 9 aromatic carbocycles. The van der Waals surface area contributed by atoms with Crippen molar-refractivity contribution in [1.82, 2.24) is 0 Å². The molecule has 534 valence electrons. The lowest BCUT2D eigenvalue weighted by atomic mass is 9.85. The predicted octanol–water partition coefficient (Wildman–Crippen LogP) is 25.9. The molecule has 0 N–H and O–H groups in total. The molecule has 0 radical (unpaired) electrons. The number of esters is 2. The van der Waals surface area contributed by atoms with E-state index in [-0.39, 0.29) is 11.1 Å². The van der Waals surface area contributed by atoms with Crippen LogP contribution >= 0.6 is 0 Å². The molecule has 11 nitrogen and oxygen atoms in total. The van der Waals surface area contributed by atoms with Gasteiger partial charge in [0.2, 0.25) is 0 Å². The summed E-state index contributed by atoms with van der Waals surface area (Å²) in [6.07, 6.45) is 34.3. The van der Waals surface area contributed by atoms with Gasteiger partial charge in [0.05, 0.1) is 64.0 Å².